The Hall–Kier alpha value is 0.140. The zero-order chi connectivity index (χ0) is 12.1. The van der Waals surface area contributed by atoms with Gasteiger partial charge < -0.3 is 5.32 Å². The Morgan fingerprint density at radius 3 is 2.44 bits per heavy atom. The molecule has 0 spiro atoms. The average Bonchev–Trinajstić information content (AvgIpc) is 2.29. The summed E-state index contributed by atoms with van der Waals surface area (Å²) >= 11 is 7.00. The Bertz CT molecular complexity index is 339. The van der Waals surface area contributed by atoms with Gasteiger partial charge in [0.2, 0.25) is 0 Å². The van der Waals surface area contributed by atoms with Gasteiger partial charge in [-0.25, -0.2) is 0 Å². The maximum atomic E-state index is 3.56. The van der Waals surface area contributed by atoms with Gasteiger partial charge in [0.25, 0.3) is 0 Å². The molecule has 0 heterocycles. The number of hydrogen-bond acceptors (Lipinski definition) is 1. The topological polar surface area (TPSA) is 12.0 Å². The second kappa shape index (κ2) is 6.77. The largest absolute Gasteiger partial charge is 0.310 e. The van der Waals surface area contributed by atoms with Crippen LogP contribution in [0.25, 0.3) is 0 Å². The predicted molar refractivity (Wildman–Crippen MR) is 77.6 cm³/mol. The molecule has 0 amide bonds. The molecule has 1 aromatic carbocycles. The van der Waals surface area contributed by atoms with Crippen LogP contribution in [0.4, 0.5) is 0 Å². The third-order valence-corrected chi connectivity index (χ3v) is 4.99. The maximum Gasteiger partial charge on any atom is 0.0320 e. The van der Waals surface area contributed by atoms with Gasteiger partial charge in [-0.15, -0.1) is 0 Å². The molecule has 0 bridgehead atoms. The van der Waals surface area contributed by atoms with Gasteiger partial charge in [0.1, 0.15) is 0 Å². The molecule has 1 aromatic rings. The van der Waals surface area contributed by atoms with Gasteiger partial charge >= 0.3 is 0 Å². The van der Waals surface area contributed by atoms with Crippen LogP contribution in [0.3, 0.4) is 0 Å². The van der Waals surface area contributed by atoms with Crippen LogP contribution in [0.2, 0.25) is 0 Å². The lowest BCUT2D eigenvalue weighted by molar-refractivity contribution is 0.389. The summed E-state index contributed by atoms with van der Waals surface area (Å²) in [4.78, 5) is 0. The molecule has 0 fully saturated rings. The maximum absolute atomic E-state index is 3.56. The minimum Gasteiger partial charge on any atom is -0.310 e. The molecular formula is C13H19Br2N. The summed E-state index contributed by atoms with van der Waals surface area (Å²) < 4.78 is 2.22. The van der Waals surface area contributed by atoms with Crippen molar-refractivity contribution in [2.24, 2.45) is 5.92 Å². The molecule has 0 radical (unpaired) electrons. The monoisotopic (exact) mass is 347 g/mol. The van der Waals surface area contributed by atoms with E-state index in [1.165, 1.54) is 12.0 Å². The Morgan fingerprint density at radius 2 is 1.88 bits per heavy atom. The predicted octanol–water partition coefficient (Wildman–Crippen LogP) is 4.74. The highest BCUT2D eigenvalue weighted by Gasteiger charge is 2.09. The summed E-state index contributed by atoms with van der Waals surface area (Å²) in [6.45, 7) is 7.70. The summed E-state index contributed by atoms with van der Waals surface area (Å²) in [5.74, 6) is 0.721. The summed E-state index contributed by atoms with van der Waals surface area (Å²) in [6.07, 6.45) is 1.22. The highest BCUT2D eigenvalue weighted by atomic mass is 79.9. The van der Waals surface area contributed by atoms with Crippen LogP contribution in [-0.2, 0) is 6.54 Å². The van der Waals surface area contributed by atoms with E-state index in [9.17, 15) is 0 Å². The van der Waals surface area contributed by atoms with Crippen LogP contribution >= 0.6 is 31.9 Å². The number of benzene rings is 1. The first-order chi connectivity index (χ1) is 7.54. The van der Waals surface area contributed by atoms with Crippen molar-refractivity contribution < 1.29 is 0 Å². The minimum atomic E-state index is 0.562. The standard InChI is InChI=1S/C13H19Br2N/c1-4-9(2)10(3)16-8-11-5-6-12(14)13(15)7-11/h5-7,9-10,16H,4,8H2,1-3H3. The number of hydrogen-bond donors (Lipinski definition) is 1. The molecule has 16 heavy (non-hydrogen) atoms. The van der Waals surface area contributed by atoms with Crippen molar-refractivity contribution in [1.82, 2.24) is 5.32 Å². The van der Waals surface area contributed by atoms with E-state index in [-0.39, 0.29) is 0 Å². The SMILES string of the molecule is CCC(C)C(C)NCc1ccc(Br)c(Br)c1. The van der Waals surface area contributed by atoms with Crippen molar-refractivity contribution in [3.63, 3.8) is 0 Å². The summed E-state index contributed by atoms with van der Waals surface area (Å²) in [5.41, 5.74) is 1.31. The van der Waals surface area contributed by atoms with E-state index in [0.717, 1.165) is 21.4 Å². The van der Waals surface area contributed by atoms with Crippen molar-refractivity contribution in [3.05, 3.63) is 32.7 Å². The van der Waals surface area contributed by atoms with E-state index in [1.807, 2.05) is 0 Å². The first kappa shape index (κ1) is 14.2. The minimum absolute atomic E-state index is 0.562. The molecule has 0 saturated heterocycles. The van der Waals surface area contributed by atoms with Gasteiger partial charge in [-0.2, -0.15) is 0 Å². The molecule has 0 aliphatic heterocycles. The van der Waals surface area contributed by atoms with E-state index >= 15 is 0 Å². The average molecular weight is 349 g/mol. The molecule has 1 N–H and O–H groups in total. The Kier molecular flexibility index (Phi) is 6.01. The van der Waals surface area contributed by atoms with Crippen LogP contribution in [-0.4, -0.2) is 6.04 Å². The van der Waals surface area contributed by atoms with Crippen LogP contribution in [0, 0.1) is 5.92 Å². The second-order valence-corrected chi connectivity index (χ2v) is 6.01. The molecule has 0 aliphatic rings. The molecule has 0 saturated carbocycles. The number of nitrogens with one attached hydrogen (secondary N) is 1. The van der Waals surface area contributed by atoms with E-state index in [1.54, 1.807) is 0 Å². The van der Waals surface area contributed by atoms with Gasteiger partial charge in [-0.05, 0) is 62.4 Å². The fraction of sp³-hybridized carbons (Fsp3) is 0.538. The summed E-state index contributed by atoms with van der Waals surface area (Å²) in [6, 6.07) is 6.94. The van der Waals surface area contributed by atoms with E-state index in [4.69, 9.17) is 0 Å². The van der Waals surface area contributed by atoms with E-state index in [0.29, 0.717) is 6.04 Å². The smallest absolute Gasteiger partial charge is 0.0320 e. The zero-order valence-corrected chi connectivity index (χ0v) is 13.2. The molecule has 1 nitrogen and oxygen atoms in total. The van der Waals surface area contributed by atoms with Crippen molar-refractivity contribution in [3.8, 4) is 0 Å². The van der Waals surface area contributed by atoms with Crippen LogP contribution in [0.5, 0.6) is 0 Å². The van der Waals surface area contributed by atoms with Gasteiger partial charge in [0.15, 0.2) is 0 Å². The van der Waals surface area contributed by atoms with Crippen molar-refractivity contribution in [2.75, 3.05) is 0 Å². The third kappa shape index (κ3) is 4.19. The highest BCUT2D eigenvalue weighted by molar-refractivity contribution is 9.13. The lowest BCUT2D eigenvalue weighted by Crippen LogP contribution is -2.31. The Labute approximate surface area is 115 Å². The molecule has 0 aromatic heterocycles. The lowest BCUT2D eigenvalue weighted by Gasteiger charge is -2.20. The zero-order valence-electron chi connectivity index (χ0n) is 10.1. The summed E-state index contributed by atoms with van der Waals surface area (Å²) in [7, 11) is 0. The van der Waals surface area contributed by atoms with E-state index in [2.05, 4.69) is 76.1 Å². The van der Waals surface area contributed by atoms with E-state index < -0.39 is 0 Å². The van der Waals surface area contributed by atoms with Crippen LogP contribution < -0.4 is 5.32 Å². The van der Waals surface area contributed by atoms with Gasteiger partial charge in [-0.3, -0.25) is 0 Å². The number of rotatable bonds is 5. The van der Waals surface area contributed by atoms with Gasteiger partial charge in [-0.1, -0.05) is 26.3 Å². The quantitative estimate of drug-likeness (QED) is 0.810. The van der Waals surface area contributed by atoms with Crippen LogP contribution in [0.1, 0.15) is 32.8 Å². The van der Waals surface area contributed by atoms with Crippen molar-refractivity contribution in [1.29, 1.82) is 0 Å². The van der Waals surface area contributed by atoms with Crippen molar-refractivity contribution in [2.45, 2.75) is 39.8 Å². The fourth-order valence-electron chi connectivity index (χ4n) is 1.48. The molecule has 2 unspecified atom stereocenters. The molecule has 1 rings (SSSR count). The Morgan fingerprint density at radius 1 is 1.19 bits per heavy atom. The van der Waals surface area contributed by atoms with Gasteiger partial charge in [0.05, 0.1) is 0 Å². The second-order valence-electron chi connectivity index (χ2n) is 4.30. The molecular weight excluding hydrogens is 330 g/mol. The molecule has 90 valence electrons. The molecule has 2 atom stereocenters. The normalized spacial score (nSPS) is 14.8. The Balaban J connectivity index is 2.51. The molecule has 3 heteroatoms. The van der Waals surface area contributed by atoms with Gasteiger partial charge in [0, 0.05) is 21.5 Å². The van der Waals surface area contributed by atoms with Crippen LogP contribution in [0.15, 0.2) is 27.1 Å². The fourth-order valence-corrected chi connectivity index (χ4v) is 2.16. The number of halogens is 2. The lowest BCUT2D eigenvalue weighted by atomic mass is 10.0. The summed E-state index contributed by atoms with van der Waals surface area (Å²) in [5, 5.41) is 3.56. The van der Waals surface area contributed by atoms with Crippen molar-refractivity contribution >= 4 is 31.9 Å². The first-order valence-corrected chi connectivity index (χ1v) is 7.30. The highest BCUT2D eigenvalue weighted by Crippen LogP contribution is 2.23. The third-order valence-electron chi connectivity index (χ3n) is 3.11. The molecule has 0 aliphatic carbocycles. The first-order valence-electron chi connectivity index (χ1n) is 5.72.